The van der Waals surface area contributed by atoms with E-state index in [1.165, 1.54) is 63.4 Å². The van der Waals surface area contributed by atoms with Gasteiger partial charge in [0.2, 0.25) is 0 Å². The van der Waals surface area contributed by atoms with Crippen molar-refractivity contribution in [3.8, 4) is 11.8 Å². The summed E-state index contributed by atoms with van der Waals surface area (Å²) in [6, 6.07) is 15.6. The number of unbranched alkanes of at least 4 members (excludes halogenated alkanes) is 1. The Morgan fingerprint density at radius 3 is 2.38 bits per heavy atom. The molecule has 2 aromatic rings. The van der Waals surface area contributed by atoms with E-state index < -0.39 is 5.97 Å². The number of aryl methyl sites for hydroxylation is 1. The highest BCUT2D eigenvalue weighted by atomic mass is 16.5. The molecule has 0 amide bonds. The Balaban J connectivity index is 1.54. The number of carbonyl (C=O) groups excluding carboxylic acids is 1. The Labute approximate surface area is 206 Å². The van der Waals surface area contributed by atoms with E-state index in [9.17, 15) is 10.1 Å². The van der Waals surface area contributed by atoms with Crippen molar-refractivity contribution in [2.75, 3.05) is 0 Å². The molecule has 0 aromatic heterocycles. The fourth-order valence-corrected chi connectivity index (χ4v) is 5.43. The van der Waals surface area contributed by atoms with Crippen molar-refractivity contribution in [3.05, 3.63) is 64.7 Å². The number of ether oxygens (including phenoxy) is 1. The minimum Gasteiger partial charge on any atom is -0.422 e. The van der Waals surface area contributed by atoms with Gasteiger partial charge in [-0.2, -0.15) is 5.26 Å². The predicted octanol–water partition coefficient (Wildman–Crippen LogP) is 8.61. The fourth-order valence-electron chi connectivity index (χ4n) is 5.43. The van der Waals surface area contributed by atoms with Gasteiger partial charge in [0, 0.05) is 0 Å². The van der Waals surface area contributed by atoms with Crippen LogP contribution < -0.4 is 4.74 Å². The van der Waals surface area contributed by atoms with Gasteiger partial charge in [0.15, 0.2) is 0 Å². The van der Waals surface area contributed by atoms with Crippen molar-refractivity contribution in [3.63, 3.8) is 0 Å². The molecule has 34 heavy (non-hydrogen) atoms. The zero-order valence-electron chi connectivity index (χ0n) is 21.3. The topological polar surface area (TPSA) is 50.1 Å². The summed E-state index contributed by atoms with van der Waals surface area (Å²) in [4.78, 5) is 12.7. The first-order chi connectivity index (χ1) is 16.6. The molecule has 0 saturated heterocycles. The van der Waals surface area contributed by atoms with E-state index >= 15 is 0 Å². The number of hydrogen-bond donors (Lipinski definition) is 0. The molecule has 0 N–H and O–H groups in total. The third-order valence-corrected chi connectivity index (χ3v) is 7.58. The summed E-state index contributed by atoms with van der Waals surface area (Å²) >= 11 is 0. The van der Waals surface area contributed by atoms with E-state index in [1.807, 2.05) is 24.3 Å². The van der Waals surface area contributed by atoms with Crippen molar-refractivity contribution < 1.29 is 9.53 Å². The van der Waals surface area contributed by atoms with Crippen LogP contribution in [-0.2, 0) is 6.42 Å². The summed E-state index contributed by atoms with van der Waals surface area (Å²) in [5.74, 6) is 2.29. The van der Waals surface area contributed by atoms with Gasteiger partial charge >= 0.3 is 5.97 Å². The van der Waals surface area contributed by atoms with Gasteiger partial charge in [-0.15, -0.1) is 0 Å². The smallest absolute Gasteiger partial charge is 0.343 e. The molecule has 0 heterocycles. The SMILES string of the molecule is CCCCC(CC)CC1CCC(c2ccc(C(=O)Oc3ccc(CCC)cc3C#N)cc2)CC1. The van der Waals surface area contributed by atoms with Crippen molar-refractivity contribution in [1.82, 2.24) is 0 Å². The van der Waals surface area contributed by atoms with Crippen LogP contribution in [-0.4, -0.2) is 5.97 Å². The van der Waals surface area contributed by atoms with Crippen molar-refractivity contribution >= 4 is 5.97 Å². The van der Waals surface area contributed by atoms with Gasteiger partial charge in [0.1, 0.15) is 11.8 Å². The van der Waals surface area contributed by atoms with Crippen LogP contribution >= 0.6 is 0 Å². The minimum atomic E-state index is -0.410. The summed E-state index contributed by atoms with van der Waals surface area (Å²) in [6.07, 6.45) is 13.8. The van der Waals surface area contributed by atoms with Gasteiger partial charge in [-0.25, -0.2) is 4.79 Å². The number of hydrogen-bond acceptors (Lipinski definition) is 3. The first-order valence-corrected chi connectivity index (χ1v) is 13.4. The molecule has 3 rings (SSSR count). The van der Waals surface area contributed by atoms with Crippen molar-refractivity contribution in [2.45, 2.75) is 97.3 Å². The molecule has 182 valence electrons. The molecule has 0 radical (unpaired) electrons. The van der Waals surface area contributed by atoms with E-state index in [1.54, 1.807) is 6.07 Å². The van der Waals surface area contributed by atoms with Crippen molar-refractivity contribution in [2.24, 2.45) is 11.8 Å². The molecule has 1 aliphatic rings. The standard InChI is InChI=1S/C31H41NO2/c1-4-7-9-23(6-3)20-25-10-13-26(14-11-25)27-15-17-28(18-16-27)31(33)34-30-19-12-24(8-5-2)21-29(30)22-32/h12,15-19,21,23,25-26H,4-11,13-14,20H2,1-3H3. The maximum absolute atomic E-state index is 12.7. The Morgan fingerprint density at radius 2 is 1.76 bits per heavy atom. The molecule has 3 nitrogen and oxygen atoms in total. The van der Waals surface area contributed by atoms with Gasteiger partial charge < -0.3 is 4.74 Å². The quantitative estimate of drug-likeness (QED) is 0.250. The Bertz CT molecular complexity index is 948. The lowest BCUT2D eigenvalue weighted by molar-refractivity contribution is 0.0734. The molecular weight excluding hydrogens is 418 g/mol. The van der Waals surface area contributed by atoms with Crippen LogP contribution in [0.1, 0.15) is 118 Å². The fraction of sp³-hybridized carbons (Fsp3) is 0.548. The maximum atomic E-state index is 12.7. The van der Waals surface area contributed by atoms with Crippen LogP contribution in [0.2, 0.25) is 0 Å². The zero-order valence-corrected chi connectivity index (χ0v) is 21.3. The van der Waals surface area contributed by atoms with Gasteiger partial charge in [0.05, 0.1) is 11.1 Å². The van der Waals surface area contributed by atoms with E-state index in [2.05, 4.69) is 39.0 Å². The summed E-state index contributed by atoms with van der Waals surface area (Å²) < 4.78 is 5.57. The first-order valence-electron chi connectivity index (χ1n) is 13.4. The van der Waals surface area contributed by atoms with E-state index in [0.29, 0.717) is 22.8 Å². The molecule has 1 fully saturated rings. The van der Waals surface area contributed by atoms with Crippen LogP contribution in [0.5, 0.6) is 5.75 Å². The number of nitrogens with zero attached hydrogens (tertiary/aromatic N) is 1. The van der Waals surface area contributed by atoms with Crippen LogP contribution in [0.4, 0.5) is 0 Å². The third kappa shape index (κ3) is 7.20. The monoisotopic (exact) mass is 459 g/mol. The van der Waals surface area contributed by atoms with Crippen molar-refractivity contribution in [1.29, 1.82) is 5.26 Å². The Kier molecular flexibility index (Phi) is 10.2. The molecule has 1 saturated carbocycles. The lowest BCUT2D eigenvalue weighted by Crippen LogP contribution is -2.17. The lowest BCUT2D eigenvalue weighted by atomic mass is 9.75. The summed E-state index contributed by atoms with van der Waals surface area (Å²) in [5.41, 5.74) is 3.35. The van der Waals surface area contributed by atoms with Crippen LogP contribution in [0, 0.1) is 23.2 Å². The zero-order chi connectivity index (χ0) is 24.3. The summed E-state index contributed by atoms with van der Waals surface area (Å²) in [6.45, 7) is 6.74. The Morgan fingerprint density at radius 1 is 1.03 bits per heavy atom. The van der Waals surface area contributed by atoms with Gasteiger partial charge in [-0.05, 0) is 91.7 Å². The molecule has 3 heteroatoms. The maximum Gasteiger partial charge on any atom is 0.343 e. The molecule has 0 spiro atoms. The van der Waals surface area contributed by atoms with Crippen LogP contribution in [0.25, 0.3) is 0 Å². The normalized spacial score (nSPS) is 18.8. The average molecular weight is 460 g/mol. The number of nitriles is 1. The van der Waals surface area contributed by atoms with E-state index in [4.69, 9.17) is 4.74 Å². The third-order valence-electron chi connectivity index (χ3n) is 7.58. The molecule has 0 aliphatic heterocycles. The molecule has 0 bridgehead atoms. The predicted molar refractivity (Wildman–Crippen MR) is 139 cm³/mol. The molecule has 1 unspecified atom stereocenters. The Hall–Kier alpha value is -2.60. The average Bonchev–Trinajstić information content (AvgIpc) is 2.88. The summed E-state index contributed by atoms with van der Waals surface area (Å²) in [5, 5.41) is 9.45. The number of esters is 1. The highest BCUT2D eigenvalue weighted by Gasteiger charge is 2.24. The molecule has 2 aromatic carbocycles. The van der Waals surface area contributed by atoms with Gasteiger partial charge in [-0.1, -0.05) is 71.1 Å². The van der Waals surface area contributed by atoms with E-state index in [0.717, 1.165) is 30.2 Å². The first kappa shape index (κ1) is 26.0. The molecule has 1 aliphatic carbocycles. The number of carbonyl (C=O) groups is 1. The van der Waals surface area contributed by atoms with E-state index in [-0.39, 0.29) is 0 Å². The lowest BCUT2D eigenvalue weighted by Gasteiger charge is -2.31. The highest BCUT2D eigenvalue weighted by Crippen LogP contribution is 2.39. The van der Waals surface area contributed by atoms with Gasteiger partial charge in [-0.3, -0.25) is 0 Å². The van der Waals surface area contributed by atoms with Gasteiger partial charge in [0.25, 0.3) is 0 Å². The second-order valence-electron chi connectivity index (χ2n) is 10.1. The molecular formula is C31H41NO2. The number of rotatable bonds is 11. The summed E-state index contributed by atoms with van der Waals surface area (Å²) in [7, 11) is 0. The second-order valence-corrected chi connectivity index (χ2v) is 10.1. The van der Waals surface area contributed by atoms with Crippen LogP contribution in [0.15, 0.2) is 42.5 Å². The van der Waals surface area contributed by atoms with Crippen LogP contribution in [0.3, 0.4) is 0 Å². The highest BCUT2D eigenvalue weighted by molar-refractivity contribution is 5.91. The largest absolute Gasteiger partial charge is 0.422 e. The number of benzene rings is 2. The minimum absolute atomic E-state index is 0.332. The second kappa shape index (κ2) is 13.3. The molecule has 1 atom stereocenters.